The van der Waals surface area contributed by atoms with Crippen LogP contribution in [0.25, 0.3) is 22.1 Å². The van der Waals surface area contributed by atoms with Gasteiger partial charge in [0.05, 0.1) is 0 Å². The quantitative estimate of drug-likeness (QED) is 0.423. The van der Waals surface area contributed by atoms with Gasteiger partial charge in [0.25, 0.3) is 0 Å². The number of para-hydroxylation sites is 1. The first-order chi connectivity index (χ1) is 7.93. The van der Waals surface area contributed by atoms with Gasteiger partial charge >= 0.3 is 0 Å². The van der Waals surface area contributed by atoms with E-state index >= 15 is 0 Å². The van der Waals surface area contributed by atoms with Gasteiger partial charge in [-0.05, 0) is 17.2 Å². The van der Waals surface area contributed by atoms with Crippen molar-refractivity contribution < 1.29 is 4.42 Å². The van der Waals surface area contributed by atoms with Crippen LogP contribution in [0.5, 0.6) is 0 Å². The predicted molar refractivity (Wildman–Crippen MR) is 64.5 cm³/mol. The highest BCUT2D eigenvalue weighted by atomic mass is 16.3. The minimum atomic E-state index is 0.931. The summed E-state index contributed by atoms with van der Waals surface area (Å²) >= 11 is 0. The minimum absolute atomic E-state index is 0.931. The molecule has 0 saturated carbocycles. The van der Waals surface area contributed by atoms with Gasteiger partial charge in [-0.15, -0.1) is 0 Å². The van der Waals surface area contributed by atoms with E-state index in [1.807, 2.05) is 12.1 Å². The summed E-state index contributed by atoms with van der Waals surface area (Å²) in [7, 11) is 0. The average Bonchev–Trinajstić information content (AvgIpc) is 2.83. The highest BCUT2D eigenvalue weighted by Gasteiger charge is 2.24. The zero-order valence-electron chi connectivity index (χ0n) is 8.73. The summed E-state index contributed by atoms with van der Waals surface area (Å²) in [5.74, 6) is 1.11. The fourth-order valence-corrected chi connectivity index (χ4v) is 2.61. The normalized spacial score (nSPS) is 12.8. The van der Waals surface area contributed by atoms with E-state index in [1.54, 1.807) is 0 Å². The van der Waals surface area contributed by atoms with Gasteiger partial charge in [0.1, 0.15) is 11.3 Å². The Morgan fingerprint density at radius 1 is 0.875 bits per heavy atom. The first-order valence-corrected chi connectivity index (χ1v) is 5.52. The lowest BCUT2D eigenvalue weighted by molar-refractivity contribution is 0.568. The molecular formula is C15H10O. The van der Waals surface area contributed by atoms with Crippen LogP contribution in [-0.2, 0) is 6.42 Å². The van der Waals surface area contributed by atoms with E-state index in [-0.39, 0.29) is 0 Å². The molecule has 1 aliphatic rings. The SMILES string of the molecule is c1ccc2c(c1)Cc1oc3ccccc3c1-2. The third kappa shape index (κ3) is 0.904. The van der Waals surface area contributed by atoms with Crippen molar-refractivity contribution in [3.05, 3.63) is 59.9 Å². The lowest BCUT2D eigenvalue weighted by atomic mass is 10.0. The molecule has 1 nitrogen and oxygen atoms in total. The second kappa shape index (κ2) is 2.76. The average molecular weight is 206 g/mol. The van der Waals surface area contributed by atoms with Crippen LogP contribution in [0.15, 0.2) is 52.9 Å². The van der Waals surface area contributed by atoms with Gasteiger partial charge in [-0.1, -0.05) is 42.5 Å². The van der Waals surface area contributed by atoms with E-state index < -0.39 is 0 Å². The van der Waals surface area contributed by atoms with Crippen LogP contribution in [-0.4, -0.2) is 0 Å². The fraction of sp³-hybridized carbons (Fsp3) is 0.0667. The summed E-state index contributed by atoms with van der Waals surface area (Å²) in [5, 5.41) is 1.24. The molecule has 0 radical (unpaired) electrons. The molecule has 1 aromatic heterocycles. The van der Waals surface area contributed by atoms with Crippen LogP contribution in [0.2, 0.25) is 0 Å². The number of benzene rings is 2. The van der Waals surface area contributed by atoms with Crippen molar-refractivity contribution in [1.29, 1.82) is 0 Å². The van der Waals surface area contributed by atoms with Crippen LogP contribution in [0, 0.1) is 0 Å². The molecule has 76 valence electrons. The Morgan fingerprint density at radius 2 is 1.69 bits per heavy atom. The van der Waals surface area contributed by atoms with Gasteiger partial charge in [-0.3, -0.25) is 0 Å². The van der Waals surface area contributed by atoms with E-state index in [0.717, 1.165) is 17.8 Å². The van der Waals surface area contributed by atoms with Crippen molar-refractivity contribution in [2.24, 2.45) is 0 Å². The predicted octanol–water partition coefficient (Wildman–Crippen LogP) is 4.00. The molecule has 0 atom stereocenters. The Hall–Kier alpha value is -2.02. The second-order valence-electron chi connectivity index (χ2n) is 4.23. The molecule has 4 rings (SSSR count). The molecule has 1 aliphatic carbocycles. The standard InChI is InChI=1S/C15H10O/c1-2-6-11-10(5-1)9-14-15(11)12-7-3-4-8-13(12)16-14/h1-8H,9H2. The summed E-state index contributed by atoms with van der Waals surface area (Å²) in [5.41, 5.74) is 5.01. The van der Waals surface area contributed by atoms with Crippen LogP contribution >= 0.6 is 0 Å². The molecular weight excluding hydrogens is 196 g/mol. The molecule has 0 fully saturated rings. The molecule has 0 bridgehead atoms. The molecule has 0 aliphatic heterocycles. The van der Waals surface area contributed by atoms with Crippen LogP contribution < -0.4 is 0 Å². The summed E-state index contributed by atoms with van der Waals surface area (Å²) in [6, 6.07) is 16.8. The molecule has 1 heterocycles. The van der Waals surface area contributed by atoms with E-state index in [2.05, 4.69) is 36.4 Å². The molecule has 1 heteroatoms. The van der Waals surface area contributed by atoms with Gasteiger partial charge in [0.2, 0.25) is 0 Å². The van der Waals surface area contributed by atoms with Crippen LogP contribution in [0.3, 0.4) is 0 Å². The van der Waals surface area contributed by atoms with Crippen LogP contribution in [0.4, 0.5) is 0 Å². The van der Waals surface area contributed by atoms with Gasteiger partial charge in [0.15, 0.2) is 0 Å². The monoisotopic (exact) mass is 206 g/mol. The highest BCUT2D eigenvalue weighted by molar-refractivity contribution is 5.98. The highest BCUT2D eigenvalue weighted by Crippen LogP contribution is 2.42. The van der Waals surface area contributed by atoms with Crippen molar-refractivity contribution >= 4 is 11.0 Å². The molecule has 2 aromatic carbocycles. The van der Waals surface area contributed by atoms with Crippen molar-refractivity contribution in [3.63, 3.8) is 0 Å². The van der Waals surface area contributed by atoms with Gasteiger partial charge in [-0.2, -0.15) is 0 Å². The molecule has 0 saturated heterocycles. The molecule has 0 N–H and O–H groups in total. The molecule has 0 unspecified atom stereocenters. The van der Waals surface area contributed by atoms with Gasteiger partial charge < -0.3 is 4.42 Å². The maximum absolute atomic E-state index is 5.89. The summed E-state index contributed by atoms with van der Waals surface area (Å²) in [6.45, 7) is 0. The van der Waals surface area contributed by atoms with Crippen molar-refractivity contribution in [1.82, 2.24) is 0 Å². The third-order valence-corrected chi connectivity index (χ3v) is 3.31. The molecule has 16 heavy (non-hydrogen) atoms. The number of hydrogen-bond acceptors (Lipinski definition) is 1. The molecule has 0 amide bonds. The second-order valence-corrected chi connectivity index (χ2v) is 4.23. The Bertz CT molecular complexity index is 691. The Labute approximate surface area is 93.3 Å². The zero-order valence-corrected chi connectivity index (χ0v) is 8.73. The Morgan fingerprint density at radius 3 is 2.69 bits per heavy atom. The Balaban J connectivity index is 2.15. The lowest BCUT2D eigenvalue weighted by Crippen LogP contribution is -1.78. The van der Waals surface area contributed by atoms with E-state index in [4.69, 9.17) is 4.42 Å². The largest absolute Gasteiger partial charge is 0.460 e. The zero-order chi connectivity index (χ0) is 10.5. The first kappa shape index (κ1) is 8.17. The van der Waals surface area contributed by atoms with E-state index in [1.165, 1.54) is 22.1 Å². The van der Waals surface area contributed by atoms with Crippen LogP contribution in [0.1, 0.15) is 11.3 Å². The smallest absolute Gasteiger partial charge is 0.134 e. The number of hydrogen-bond donors (Lipinski definition) is 0. The van der Waals surface area contributed by atoms with Gasteiger partial charge in [0, 0.05) is 17.4 Å². The number of fused-ring (bicyclic) bond motifs is 5. The topological polar surface area (TPSA) is 13.1 Å². The molecule has 3 aromatic rings. The third-order valence-electron chi connectivity index (χ3n) is 3.31. The summed E-state index contributed by atoms with van der Waals surface area (Å²) in [4.78, 5) is 0. The summed E-state index contributed by atoms with van der Waals surface area (Å²) < 4.78 is 5.89. The van der Waals surface area contributed by atoms with Crippen molar-refractivity contribution in [2.75, 3.05) is 0 Å². The Kier molecular flexibility index (Phi) is 1.41. The number of furan rings is 1. The minimum Gasteiger partial charge on any atom is -0.460 e. The number of rotatable bonds is 0. The lowest BCUT2D eigenvalue weighted by Gasteiger charge is -1.98. The summed E-state index contributed by atoms with van der Waals surface area (Å²) in [6.07, 6.45) is 0.931. The van der Waals surface area contributed by atoms with E-state index in [0.29, 0.717) is 0 Å². The van der Waals surface area contributed by atoms with Crippen molar-refractivity contribution in [2.45, 2.75) is 6.42 Å². The van der Waals surface area contributed by atoms with Gasteiger partial charge in [-0.25, -0.2) is 0 Å². The van der Waals surface area contributed by atoms with Crippen molar-refractivity contribution in [3.8, 4) is 11.1 Å². The molecule has 0 spiro atoms. The van der Waals surface area contributed by atoms with E-state index in [9.17, 15) is 0 Å². The maximum Gasteiger partial charge on any atom is 0.134 e. The fourth-order valence-electron chi connectivity index (χ4n) is 2.61. The first-order valence-electron chi connectivity index (χ1n) is 5.52. The maximum atomic E-state index is 5.89.